The Morgan fingerprint density at radius 2 is 2.05 bits per heavy atom. The Bertz CT molecular complexity index is 617. The van der Waals surface area contributed by atoms with Gasteiger partial charge in [-0.25, -0.2) is 4.68 Å². The van der Waals surface area contributed by atoms with Crippen LogP contribution in [0.5, 0.6) is 5.88 Å². The molecule has 1 unspecified atom stereocenters. The molecule has 0 fully saturated rings. The quantitative estimate of drug-likeness (QED) is 0.920. The Labute approximate surface area is 126 Å². The molecule has 114 valence electrons. The molecule has 1 N–H and O–H groups in total. The Kier molecular flexibility index (Phi) is 4.68. The molecule has 21 heavy (non-hydrogen) atoms. The van der Waals surface area contributed by atoms with Gasteiger partial charge in [-0.1, -0.05) is 38.1 Å². The highest BCUT2D eigenvalue weighted by molar-refractivity contribution is 5.40. The zero-order chi connectivity index (χ0) is 15.6. The molecule has 4 nitrogen and oxygen atoms in total. The maximum Gasteiger partial charge on any atom is 0.217 e. The zero-order valence-corrected chi connectivity index (χ0v) is 13.4. The molecule has 0 aliphatic rings. The van der Waals surface area contributed by atoms with Crippen molar-refractivity contribution in [2.24, 2.45) is 13.0 Å². The van der Waals surface area contributed by atoms with Gasteiger partial charge in [0.1, 0.15) is 6.10 Å². The third-order valence-corrected chi connectivity index (χ3v) is 3.59. The highest BCUT2D eigenvalue weighted by Gasteiger charge is 2.23. The van der Waals surface area contributed by atoms with Crippen LogP contribution in [0.15, 0.2) is 24.3 Å². The van der Waals surface area contributed by atoms with E-state index in [2.05, 4.69) is 31.1 Å². The maximum absolute atomic E-state index is 10.7. The summed E-state index contributed by atoms with van der Waals surface area (Å²) in [5.74, 6) is 1.20. The second-order valence-electron chi connectivity index (χ2n) is 5.88. The fraction of sp³-hybridized carbons (Fsp3) is 0.471. The Morgan fingerprint density at radius 3 is 2.67 bits per heavy atom. The molecule has 0 bridgehead atoms. The molecule has 2 aromatic rings. The number of aliphatic hydroxyl groups is 1. The molecule has 1 aromatic carbocycles. The van der Waals surface area contributed by atoms with E-state index in [0.717, 1.165) is 23.2 Å². The minimum atomic E-state index is -0.722. The first-order valence-corrected chi connectivity index (χ1v) is 7.28. The minimum Gasteiger partial charge on any atom is -0.481 e. The van der Waals surface area contributed by atoms with Crippen LogP contribution < -0.4 is 4.74 Å². The summed E-state index contributed by atoms with van der Waals surface area (Å²) in [6, 6.07) is 8.11. The predicted molar refractivity (Wildman–Crippen MR) is 83.5 cm³/mol. The molecule has 0 radical (unpaired) electrons. The van der Waals surface area contributed by atoms with E-state index in [1.165, 1.54) is 5.56 Å². The van der Waals surface area contributed by atoms with E-state index in [4.69, 9.17) is 4.74 Å². The molecule has 0 saturated carbocycles. The molecule has 1 aromatic heterocycles. The van der Waals surface area contributed by atoms with Crippen LogP contribution in [0.4, 0.5) is 0 Å². The van der Waals surface area contributed by atoms with Crippen molar-refractivity contribution in [1.82, 2.24) is 9.78 Å². The van der Waals surface area contributed by atoms with E-state index in [9.17, 15) is 5.11 Å². The monoisotopic (exact) mass is 288 g/mol. The highest BCUT2D eigenvalue weighted by Crippen LogP contribution is 2.32. The lowest BCUT2D eigenvalue weighted by atomic mass is 9.96. The van der Waals surface area contributed by atoms with Crippen LogP contribution in [0, 0.1) is 12.8 Å². The lowest BCUT2D eigenvalue weighted by Crippen LogP contribution is -2.05. The average Bonchev–Trinajstić information content (AvgIpc) is 2.71. The third kappa shape index (κ3) is 3.27. The lowest BCUT2D eigenvalue weighted by Gasteiger charge is -2.14. The van der Waals surface area contributed by atoms with Gasteiger partial charge >= 0.3 is 0 Å². The molecule has 0 spiro atoms. The van der Waals surface area contributed by atoms with Crippen LogP contribution in [0.25, 0.3) is 0 Å². The molecular formula is C17H24N2O2. The van der Waals surface area contributed by atoms with E-state index >= 15 is 0 Å². The van der Waals surface area contributed by atoms with Gasteiger partial charge in [0.05, 0.1) is 18.4 Å². The van der Waals surface area contributed by atoms with E-state index in [1.807, 2.05) is 26.1 Å². The zero-order valence-electron chi connectivity index (χ0n) is 13.4. The van der Waals surface area contributed by atoms with Crippen LogP contribution in [-0.4, -0.2) is 22.0 Å². The number of aliphatic hydroxyl groups excluding tert-OH is 1. The Morgan fingerprint density at radius 1 is 1.33 bits per heavy atom. The SMILES string of the molecule is COc1c(C(O)c2cccc(CC(C)C)c2)c(C)nn1C. The topological polar surface area (TPSA) is 47.3 Å². The summed E-state index contributed by atoms with van der Waals surface area (Å²) in [6.45, 7) is 6.27. The van der Waals surface area contributed by atoms with Gasteiger partial charge in [0.2, 0.25) is 5.88 Å². The van der Waals surface area contributed by atoms with E-state index in [-0.39, 0.29) is 0 Å². The van der Waals surface area contributed by atoms with Crippen molar-refractivity contribution in [3.05, 3.63) is 46.6 Å². The normalized spacial score (nSPS) is 12.7. The van der Waals surface area contributed by atoms with Crippen molar-refractivity contribution in [2.45, 2.75) is 33.3 Å². The number of aromatic nitrogens is 2. The van der Waals surface area contributed by atoms with Gasteiger partial charge in [0.15, 0.2) is 0 Å². The number of aryl methyl sites for hydroxylation is 2. The number of hydrogen-bond donors (Lipinski definition) is 1. The smallest absolute Gasteiger partial charge is 0.217 e. The second-order valence-corrected chi connectivity index (χ2v) is 5.88. The number of ether oxygens (including phenoxy) is 1. The number of benzene rings is 1. The first kappa shape index (κ1) is 15.6. The molecule has 0 amide bonds. The van der Waals surface area contributed by atoms with E-state index in [1.54, 1.807) is 11.8 Å². The molecule has 0 aliphatic heterocycles. The standard InChI is InChI=1S/C17H24N2O2/c1-11(2)9-13-7-6-8-14(10-13)16(20)15-12(3)18-19(4)17(15)21-5/h6-8,10-11,16,20H,9H2,1-5H3. The molecule has 4 heteroatoms. The first-order valence-electron chi connectivity index (χ1n) is 7.28. The summed E-state index contributed by atoms with van der Waals surface area (Å²) in [5.41, 5.74) is 3.64. The van der Waals surface area contributed by atoms with Crippen LogP contribution in [0.2, 0.25) is 0 Å². The van der Waals surface area contributed by atoms with E-state index in [0.29, 0.717) is 11.8 Å². The molecular weight excluding hydrogens is 264 g/mol. The number of methoxy groups -OCH3 is 1. The van der Waals surface area contributed by atoms with Crippen LogP contribution in [-0.2, 0) is 13.5 Å². The number of hydrogen-bond acceptors (Lipinski definition) is 3. The molecule has 2 rings (SSSR count). The molecule has 0 aliphatic carbocycles. The summed E-state index contributed by atoms with van der Waals surface area (Å²) < 4.78 is 7.03. The van der Waals surface area contributed by atoms with Gasteiger partial charge < -0.3 is 9.84 Å². The third-order valence-electron chi connectivity index (χ3n) is 3.59. The minimum absolute atomic E-state index is 0.590. The Hall–Kier alpha value is -1.81. The first-order chi connectivity index (χ1) is 9.93. The summed E-state index contributed by atoms with van der Waals surface area (Å²) in [6.07, 6.45) is 0.282. The average molecular weight is 288 g/mol. The number of nitrogens with zero attached hydrogens (tertiary/aromatic N) is 2. The van der Waals surface area contributed by atoms with Crippen LogP contribution >= 0.6 is 0 Å². The largest absolute Gasteiger partial charge is 0.481 e. The molecule has 1 atom stereocenters. The second kappa shape index (κ2) is 6.31. The summed E-state index contributed by atoms with van der Waals surface area (Å²) in [5, 5.41) is 15.1. The van der Waals surface area contributed by atoms with Gasteiger partial charge in [0.25, 0.3) is 0 Å². The van der Waals surface area contributed by atoms with Crippen molar-refractivity contribution in [3.8, 4) is 5.88 Å². The van der Waals surface area contributed by atoms with Crippen molar-refractivity contribution in [3.63, 3.8) is 0 Å². The van der Waals surface area contributed by atoms with Gasteiger partial charge in [-0.3, -0.25) is 0 Å². The number of rotatable bonds is 5. The molecule has 0 saturated heterocycles. The predicted octanol–water partition coefficient (Wildman–Crippen LogP) is 3.02. The van der Waals surface area contributed by atoms with Crippen molar-refractivity contribution >= 4 is 0 Å². The van der Waals surface area contributed by atoms with Crippen LogP contribution in [0.1, 0.15) is 42.3 Å². The fourth-order valence-corrected chi connectivity index (χ4v) is 2.74. The van der Waals surface area contributed by atoms with Gasteiger partial charge in [-0.15, -0.1) is 0 Å². The van der Waals surface area contributed by atoms with Gasteiger partial charge in [0, 0.05) is 7.05 Å². The maximum atomic E-state index is 10.7. The highest BCUT2D eigenvalue weighted by atomic mass is 16.5. The van der Waals surface area contributed by atoms with Crippen molar-refractivity contribution < 1.29 is 9.84 Å². The van der Waals surface area contributed by atoms with Gasteiger partial charge in [-0.05, 0) is 30.4 Å². The van der Waals surface area contributed by atoms with Crippen molar-refractivity contribution in [2.75, 3.05) is 7.11 Å². The van der Waals surface area contributed by atoms with Crippen LogP contribution in [0.3, 0.4) is 0 Å². The summed E-state index contributed by atoms with van der Waals surface area (Å²) in [7, 11) is 3.42. The lowest BCUT2D eigenvalue weighted by molar-refractivity contribution is 0.212. The molecule has 1 heterocycles. The van der Waals surface area contributed by atoms with Crippen molar-refractivity contribution in [1.29, 1.82) is 0 Å². The fourth-order valence-electron chi connectivity index (χ4n) is 2.74. The van der Waals surface area contributed by atoms with E-state index < -0.39 is 6.10 Å². The summed E-state index contributed by atoms with van der Waals surface area (Å²) >= 11 is 0. The summed E-state index contributed by atoms with van der Waals surface area (Å²) in [4.78, 5) is 0. The Balaban J connectivity index is 2.38. The van der Waals surface area contributed by atoms with Gasteiger partial charge in [-0.2, -0.15) is 5.10 Å².